The molecule has 6 nitrogen and oxygen atoms in total. The number of imide groups is 1. The van der Waals surface area contributed by atoms with Gasteiger partial charge in [0.15, 0.2) is 0 Å². The predicted molar refractivity (Wildman–Crippen MR) is 56.7 cm³/mol. The van der Waals surface area contributed by atoms with Gasteiger partial charge in [-0.1, -0.05) is 12.1 Å². The SMILES string of the molecule is O=C1c2ccccc2C(=O)N1CCOS(=O)[O-]. The number of rotatable bonds is 4. The molecule has 0 saturated heterocycles. The van der Waals surface area contributed by atoms with Gasteiger partial charge in [-0.25, -0.2) is 4.21 Å². The van der Waals surface area contributed by atoms with Crippen molar-refractivity contribution in [3.8, 4) is 0 Å². The molecule has 0 aliphatic carbocycles. The third-order valence-electron chi connectivity index (χ3n) is 2.37. The number of carbonyl (C=O) groups excluding carboxylic acids is 2. The first-order valence-electron chi connectivity index (χ1n) is 4.79. The van der Waals surface area contributed by atoms with Crippen LogP contribution in [0.15, 0.2) is 24.3 Å². The van der Waals surface area contributed by atoms with E-state index >= 15 is 0 Å². The van der Waals surface area contributed by atoms with Crippen LogP contribution in [0.1, 0.15) is 20.7 Å². The molecule has 0 aromatic heterocycles. The first-order valence-corrected chi connectivity index (χ1v) is 5.79. The minimum atomic E-state index is -2.64. The summed E-state index contributed by atoms with van der Waals surface area (Å²) in [5, 5.41) is 0. The van der Waals surface area contributed by atoms with Crippen molar-refractivity contribution in [1.29, 1.82) is 0 Å². The predicted octanol–water partition coefficient (Wildman–Crippen LogP) is 0.0933. The van der Waals surface area contributed by atoms with Crippen molar-refractivity contribution in [2.45, 2.75) is 0 Å². The minimum Gasteiger partial charge on any atom is -0.750 e. The lowest BCUT2D eigenvalue weighted by molar-refractivity contribution is 0.0631. The number of carbonyl (C=O) groups is 2. The molecule has 0 saturated carbocycles. The Morgan fingerprint density at radius 2 is 1.71 bits per heavy atom. The lowest BCUT2D eigenvalue weighted by Crippen LogP contribution is -2.33. The second-order valence-electron chi connectivity index (χ2n) is 3.33. The summed E-state index contributed by atoms with van der Waals surface area (Å²) in [7, 11) is 0. The molecule has 17 heavy (non-hydrogen) atoms. The summed E-state index contributed by atoms with van der Waals surface area (Å²) in [6.07, 6.45) is 0. The van der Waals surface area contributed by atoms with E-state index in [2.05, 4.69) is 4.18 Å². The van der Waals surface area contributed by atoms with Crippen LogP contribution < -0.4 is 0 Å². The molecule has 0 fully saturated rings. The first kappa shape index (κ1) is 11.9. The highest BCUT2D eigenvalue weighted by molar-refractivity contribution is 7.74. The van der Waals surface area contributed by atoms with E-state index in [9.17, 15) is 18.4 Å². The minimum absolute atomic E-state index is 0.0830. The maximum Gasteiger partial charge on any atom is 0.261 e. The molecule has 7 heteroatoms. The number of nitrogens with zero attached hydrogens (tertiary/aromatic N) is 1. The summed E-state index contributed by atoms with van der Waals surface area (Å²) in [6.45, 7) is -0.318. The van der Waals surface area contributed by atoms with E-state index in [4.69, 9.17) is 0 Å². The zero-order chi connectivity index (χ0) is 12.4. The Balaban J connectivity index is 2.11. The van der Waals surface area contributed by atoms with Crippen LogP contribution in [0.25, 0.3) is 0 Å². The van der Waals surface area contributed by atoms with Crippen LogP contribution >= 0.6 is 0 Å². The fourth-order valence-corrected chi connectivity index (χ4v) is 1.85. The van der Waals surface area contributed by atoms with Crippen LogP contribution in [0.4, 0.5) is 0 Å². The molecule has 2 amide bonds. The zero-order valence-electron chi connectivity index (χ0n) is 8.62. The number of hydrogen-bond donors (Lipinski definition) is 0. The highest BCUT2D eigenvalue weighted by Crippen LogP contribution is 2.21. The maximum absolute atomic E-state index is 11.8. The first-order chi connectivity index (χ1) is 8.11. The molecule has 1 aliphatic rings. The average molecular weight is 254 g/mol. The molecule has 1 aromatic carbocycles. The van der Waals surface area contributed by atoms with E-state index in [1.165, 1.54) is 0 Å². The van der Waals surface area contributed by atoms with Crippen molar-refractivity contribution in [3.63, 3.8) is 0 Å². The molecule has 1 heterocycles. The van der Waals surface area contributed by atoms with E-state index in [1.54, 1.807) is 24.3 Å². The topological polar surface area (TPSA) is 86.7 Å². The van der Waals surface area contributed by atoms with Crippen LogP contribution in [0.2, 0.25) is 0 Å². The lowest BCUT2D eigenvalue weighted by Gasteiger charge is -2.13. The Morgan fingerprint density at radius 3 is 2.18 bits per heavy atom. The Hall–Kier alpha value is -1.57. The van der Waals surface area contributed by atoms with Crippen molar-refractivity contribution in [3.05, 3.63) is 35.4 Å². The Bertz CT molecular complexity index is 466. The quantitative estimate of drug-likeness (QED) is 0.561. The maximum atomic E-state index is 11.8. The number of amides is 2. The summed E-state index contributed by atoms with van der Waals surface area (Å²) in [5.74, 6) is -0.850. The van der Waals surface area contributed by atoms with Gasteiger partial charge < -0.3 is 4.55 Å². The number of hydrogen-bond acceptors (Lipinski definition) is 5. The van der Waals surface area contributed by atoms with Gasteiger partial charge in [0.05, 0.1) is 35.6 Å². The summed E-state index contributed by atoms with van der Waals surface area (Å²) in [5.41, 5.74) is 0.668. The van der Waals surface area contributed by atoms with Gasteiger partial charge in [-0.05, 0) is 12.1 Å². The number of fused-ring (bicyclic) bond motifs is 1. The smallest absolute Gasteiger partial charge is 0.261 e. The lowest BCUT2D eigenvalue weighted by atomic mass is 10.1. The molecule has 0 N–H and O–H groups in total. The molecule has 0 radical (unpaired) electrons. The van der Waals surface area contributed by atoms with Crippen LogP contribution in [-0.2, 0) is 15.5 Å². The van der Waals surface area contributed by atoms with Crippen molar-refractivity contribution in [1.82, 2.24) is 4.90 Å². The van der Waals surface area contributed by atoms with E-state index in [0.717, 1.165) is 4.90 Å². The highest BCUT2D eigenvalue weighted by atomic mass is 32.2. The van der Waals surface area contributed by atoms with E-state index < -0.39 is 23.2 Å². The average Bonchev–Trinajstić information content (AvgIpc) is 2.54. The van der Waals surface area contributed by atoms with E-state index in [1.807, 2.05) is 0 Å². The second kappa shape index (κ2) is 4.74. The van der Waals surface area contributed by atoms with E-state index in [-0.39, 0.29) is 13.2 Å². The van der Waals surface area contributed by atoms with Crippen LogP contribution in [0, 0.1) is 0 Å². The monoisotopic (exact) mass is 254 g/mol. The molecule has 1 atom stereocenters. The van der Waals surface area contributed by atoms with Crippen molar-refractivity contribution >= 4 is 23.2 Å². The van der Waals surface area contributed by atoms with Crippen LogP contribution in [0.3, 0.4) is 0 Å². The molecule has 1 aromatic rings. The zero-order valence-corrected chi connectivity index (χ0v) is 9.44. The summed E-state index contributed by atoms with van der Waals surface area (Å²) in [6, 6.07) is 6.44. The molecule has 0 bridgehead atoms. The summed E-state index contributed by atoms with van der Waals surface area (Å²) in [4.78, 5) is 24.5. The fraction of sp³-hybridized carbons (Fsp3) is 0.200. The molecule has 90 valence electrons. The van der Waals surface area contributed by atoms with Gasteiger partial charge in [-0.3, -0.25) is 18.7 Å². The van der Waals surface area contributed by atoms with Gasteiger partial charge in [0, 0.05) is 0 Å². The standard InChI is InChI=1S/C10H9NO5S/c12-9-7-3-1-2-4-8(7)10(13)11(9)5-6-16-17(14)15/h1-4H,5-6H2,(H,14,15)/p-1. The van der Waals surface area contributed by atoms with Gasteiger partial charge in [0.25, 0.3) is 11.8 Å². The Labute approximate surface area is 99.7 Å². The van der Waals surface area contributed by atoms with Crippen molar-refractivity contribution in [2.24, 2.45) is 0 Å². The molecule has 1 unspecified atom stereocenters. The van der Waals surface area contributed by atoms with Gasteiger partial charge >= 0.3 is 0 Å². The van der Waals surface area contributed by atoms with E-state index in [0.29, 0.717) is 11.1 Å². The van der Waals surface area contributed by atoms with Crippen LogP contribution in [0.5, 0.6) is 0 Å². The summed E-state index contributed by atoms with van der Waals surface area (Å²) < 4.78 is 24.6. The fourth-order valence-electron chi connectivity index (χ4n) is 1.64. The van der Waals surface area contributed by atoms with Gasteiger partial charge in [0.1, 0.15) is 0 Å². The molecular formula is C10H8NO5S-. The molecule has 1 aliphatic heterocycles. The van der Waals surface area contributed by atoms with Crippen molar-refractivity contribution in [2.75, 3.05) is 13.2 Å². The second-order valence-corrected chi connectivity index (χ2v) is 3.98. The van der Waals surface area contributed by atoms with Gasteiger partial charge in [-0.15, -0.1) is 0 Å². The third-order valence-corrected chi connectivity index (χ3v) is 2.73. The molecular weight excluding hydrogens is 246 g/mol. The van der Waals surface area contributed by atoms with Gasteiger partial charge in [-0.2, -0.15) is 0 Å². The van der Waals surface area contributed by atoms with Crippen LogP contribution in [-0.4, -0.2) is 38.6 Å². The molecule has 0 spiro atoms. The molecule has 2 rings (SSSR count). The highest BCUT2D eigenvalue weighted by Gasteiger charge is 2.34. The normalized spacial score (nSPS) is 16.2. The third kappa shape index (κ3) is 2.26. The van der Waals surface area contributed by atoms with Gasteiger partial charge in [0.2, 0.25) is 0 Å². The number of benzene rings is 1. The Kier molecular flexibility index (Phi) is 3.32. The summed E-state index contributed by atoms with van der Waals surface area (Å²) >= 11 is -2.64. The Morgan fingerprint density at radius 1 is 1.18 bits per heavy atom. The largest absolute Gasteiger partial charge is 0.750 e. The van der Waals surface area contributed by atoms with Crippen molar-refractivity contribution < 1.29 is 22.5 Å².